The third kappa shape index (κ3) is 3.84. The molecule has 0 aliphatic heterocycles. The number of benzene rings is 1. The van der Waals surface area contributed by atoms with Crippen molar-refractivity contribution < 1.29 is 0 Å². The summed E-state index contributed by atoms with van der Waals surface area (Å²) in [6, 6.07) is 6.73. The first-order valence-electron chi connectivity index (χ1n) is 5.67. The van der Waals surface area contributed by atoms with Crippen molar-refractivity contribution in [3.8, 4) is 0 Å². The maximum absolute atomic E-state index is 6.07. The van der Waals surface area contributed by atoms with E-state index in [0.29, 0.717) is 6.04 Å². The molecule has 2 heteroatoms. The van der Waals surface area contributed by atoms with Gasteiger partial charge < -0.3 is 5.32 Å². The van der Waals surface area contributed by atoms with Gasteiger partial charge in [-0.25, -0.2) is 0 Å². The van der Waals surface area contributed by atoms with E-state index in [0.717, 1.165) is 18.0 Å². The molecule has 0 saturated carbocycles. The number of rotatable bonds is 5. The largest absolute Gasteiger partial charge is 0.310 e. The van der Waals surface area contributed by atoms with Gasteiger partial charge in [0, 0.05) is 11.1 Å². The van der Waals surface area contributed by atoms with Crippen LogP contribution in [0, 0.1) is 6.92 Å². The third-order valence-corrected chi connectivity index (χ3v) is 2.71. The number of nitrogens with one attached hydrogen (secondary N) is 1. The fraction of sp³-hybridized carbons (Fsp3) is 0.538. The highest BCUT2D eigenvalue weighted by Gasteiger charge is 2.09. The summed E-state index contributed by atoms with van der Waals surface area (Å²) in [5.41, 5.74) is 2.54. The molecule has 1 rings (SSSR count). The van der Waals surface area contributed by atoms with Crippen LogP contribution in [-0.4, -0.2) is 6.54 Å². The summed E-state index contributed by atoms with van der Waals surface area (Å²) in [4.78, 5) is 0. The van der Waals surface area contributed by atoms with Crippen molar-refractivity contribution >= 4 is 11.6 Å². The Bertz CT molecular complexity index is 283. The second kappa shape index (κ2) is 6.14. The van der Waals surface area contributed by atoms with E-state index in [1.165, 1.54) is 17.5 Å². The van der Waals surface area contributed by atoms with Crippen LogP contribution in [0.1, 0.15) is 43.9 Å². The van der Waals surface area contributed by atoms with Gasteiger partial charge in [0.2, 0.25) is 0 Å². The van der Waals surface area contributed by atoms with Crippen LogP contribution in [0.2, 0.25) is 5.02 Å². The van der Waals surface area contributed by atoms with Gasteiger partial charge >= 0.3 is 0 Å². The molecule has 0 radical (unpaired) electrons. The molecular formula is C13H20ClN. The van der Waals surface area contributed by atoms with Crippen LogP contribution in [0.3, 0.4) is 0 Å². The quantitative estimate of drug-likeness (QED) is 0.796. The molecule has 1 aromatic rings. The van der Waals surface area contributed by atoms with Gasteiger partial charge in [0.15, 0.2) is 0 Å². The summed E-state index contributed by atoms with van der Waals surface area (Å²) in [7, 11) is 0. The molecule has 0 aromatic heterocycles. The van der Waals surface area contributed by atoms with Gasteiger partial charge in [0.1, 0.15) is 0 Å². The Hall–Kier alpha value is -0.530. The van der Waals surface area contributed by atoms with Crippen molar-refractivity contribution in [1.82, 2.24) is 5.32 Å². The van der Waals surface area contributed by atoms with Gasteiger partial charge in [-0.15, -0.1) is 0 Å². The maximum atomic E-state index is 6.07. The van der Waals surface area contributed by atoms with E-state index in [-0.39, 0.29) is 0 Å². The van der Waals surface area contributed by atoms with Gasteiger partial charge in [0.05, 0.1) is 0 Å². The molecule has 1 unspecified atom stereocenters. The summed E-state index contributed by atoms with van der Waals surface area (Å²) in [6.07, 6.45) is 2.34. The normalized spacial score (nSPS) is 12.8. The van der Waals surface area contributed by atoms with E-state index in [4.69, 9.17) is 11.6 Å². The lowest BCUT2D eigenvalue weighted by Gasteiger charge is -2.18. The molecule has 84 valence electrons. The van der Waals surface area contributed by atoms with Crippen LogP contribution in [0.4, 0.5) is 0 Å². The van der Waals surface area contributed by atoms with Crippen LogP contribution < -0.4 is 5.32 Å². The lowest BCUT2D eigenvalue weighted by atomic mass is 10.0. The van der Waals surface area contributed by atoms with Crippen LogP contribution in [-0.2, 0) is 0 Å². The summed E-state index contributed by atoms with van der Waals surface area (Å²) < 4.78 is 0. The van der Waals surface area contributed by atoms with E-state index in [1.807, 2.05) is 6.07 Å². The van der Waals surface area contributed by atoms with Crippen LogP contribution in [0.15, 0.2) is 18.2 Å². The zero-order valence-electron chi connectivity index (χ0n) is 9.81. The van der Waals surface area contributed by atoms with Crippen molar-refractivity contribution in [3.05, 3.63) is 34.3 Å². The molecular weight excluding hydrogens is 206 g/mol. The van der Waals surface area contributed by atoms with Crippen molar-refractivity contribution in [3.63, 3.8) is 0 Å². The Morgan fingerprint density at radius 2 is 2.00 bits per heavy atom. The second-order valence-corrected chi connectivity index (χ2v) is 4.40. The van der Waals surface area contributed by atoms with Gasteiger partial charge in [0.25, 0.3) is 0 Å². The van der Waals surface area contributed by atoms with Gasteiger partial charge in [-0.1, -0.05) is 37.9 Å². The van der Waals surface area contributed by atoms with Gasteiger partial charge in [-0.05, 0) is 43.1 Å². The summed E-state index contributed by atoms with van der Waals surface area (Å²) >= 11 is 6.07. The Morgan fingerprint density at radius 3 is 2.53 bits per heavy atom. The molecule has 1 atom stereocenters. The van der Waals surface area contributed by atoms with Crippen molar-refractivity contribution in [1.29, 1.82) is 0 Å². The molecule has 0 fully saturated rings. The lowest BCUT2D eigenvalue weighted by molar-refractivity contribution is 0.509. The highest BCUT2D eigenvalue weighted by molar-refractivity contribution is 6.30. The minimum Gasteiger partial charge on any atom is -0.310 e. The highest BCUT2D eigenvalue weighted by atomic mass is 35.5. The average Bonchev–Trinajstić information content (AvgIpc) is 2.16. The van der Waals surface area contributed by atoms with E-state index in [1.54, 1.807) is 0 Å². The summed E-state index contributed by atoms with van der Waals surface area (Å²) in [5.74, 6) is 0. The average molecular weight is 226 g/mol. The van der Waals surface area contributed by atoms with E-state index in [9.17, 15) is 0 Å². The second-order valence-electron chi connectivity index (χ2n) is 3.96. The monoisotopic (exact) mass is 225 g/mol. The fourth-order valence-corrected chi connectivity index (χ4v) is 2.19. The van der Waals surface area contributed by atoms with Gasteiger partial charge in [-0.2, -0.15) is 0 Å². The van der Waals surface area contributed by atoms with E-state index >= 15 is 0 Å². The SMILES string of the molecule is CCCC(NCC)c1cc(C)cc(Cl)c1. The molecule has 0 aliphatic carbocycles. The van der Waals surface area contributed by atoms with Crippen molar-refractivity contribution in [2.45, 2.75) is 39.7 Å². The Kier molecular flexibility index (Phi) is 5.13. The number of hydrogen-bond donors (Lipinski definition) is 1. The Morgan fingerprint density at radius 1 is 1.27 bits per heavy atom. The molecule has 1 aromatic carbocycles. The third-order valence-electron chi connectivity index (χ3n) is 2.49. The minimum atomic E-state index is 0.442. The Balaban J connectivity index is 2.88. The van der Waals surface area contributed by atoms with Crippen LogP contribution >= 0.6 is 11.6 Å². The van der Waals surface area contributed by atoms with Crippen LogP contribution in [0.5, 0.6) is 0 Å². The molecule has 0 aliphatic rings. The Labute approximate surface area is 97.8 Å². The van der Waals surface area contributed by atoms with Crippen molar-refractivity contribution in [2.75, 3.05) is 6.54 Å². The molecule has 15 heavy (non-hydrogen) atoms. The zero-order chi connectivity index (χ0) is 11.3. The molecule has 0 amide bonds. The van der Waals surface area contributed by atoms with Crippen LogP contribution in [0.25, 0.3) is 0 Å². The maximum Gasteiger partial charge on any atom is 0.0411 e. The first kappa shape index (κ1) is 12.5. The number of hydrogen-bond acceptors (Lipinski definition) is 1. The number of halogens is 1. The first-order chi connectivity index (χ1) is 7.17. The minimum absolute atomic E-state index is 0.442. The summed E-state index contributed by atoms with van der Waals surface area (Å²) in [5, 5.41) is 4.33. The molecule has 1 N–H and O–H groups in total. The molecule has 0 spiro atoms. The molecule has 0 saturated heterocycles. The van der Waals surface area contributed by atoms with Gasteiger partial charge in [-0.3, -0.25) is 0 Å². The number of aryl methyl sites for hydroxylation is 1. The predicted molar refractivity (Wildman–Crippen MR) is 67.5 cm³/mol. The predicted octanol–water partition coefficient (Wildman–Crippen LogP) is 4.10. The summed E-state index contributed by atoms with van der Waals surface area (Å²) in [6.45, 7) is 7.43. The molecule has 0 heterocycles. The zero-order valence-corrected chi connectivity index (χ0v) is 10.6. The standard InChI is InChI=1S/C13H20ClN/c1-4-6-13(15-5-2)11-7-10(3)8-12(14)9-11/h7-9,13,15H,4-6H2,1-3H3. The highest BCUT2D eigenvalue weighted by Crippen LogP contribution is 2.23. The topological polar surface area (TPSA) is 12.0 Å². The molecule has 1 nitrogen and oxygen atoms in total. The van der Waals surface area contributed by atoms with E-state index < -0.39 is 0 Å². The first-order valence-corrected chi connectivity index (χ1v) is 6.05. The van der Waals surface area contributed by atoms with Crippen molar-refractivity contribution in [2.24, 2.45) is 0 Å². The fourth-order valence-electron chi connectivity index (χ4n) is 1.89. The smallest absolute Gasteiger partial charge is 0.0411 e. The molecule has 0 bridgehead atoms. The van der Waals surface area contributed by atoms with E-state index in [2.05, 4.69) is 38.2 Å². The lowest BCUT2D eigenvalue weighted by Crippen LogP contribution is -2.20.